The minimum atomic E-state index is -0.858. The number of fused-ring (bicyclic) bond motifs is 1. The van der Waals surface area contributed by atoms with Crippen molar-refractivity contribution in [2.24, 2.45) is 0 Å². The van der Waals surface area contributed by atoms with Gasteiger partial charge < -0.3 is 5.11 Å². The Morgan fingerprint density at radius 1 is 1.14 bits per heavy atom. The number of para-hydroxylation sites is 1. The fourth-order valence-corrected chi connectivity index (χ4v) is 2.96. The van der Waals surface area contributed by atoms with Crippen molar-refractivity contribution in [2.45, 2.75) is 32.4 Å². The van der Waals surface area contributed by atoms with Crippen LogP contribution in [0.25, 0.3) is 0 Å². The molecule has 0 bridgehead atoms. The van der Waals surface area contributed by atoms with Crippen molar-refractivity contribution < 1.29 is 9.90 Å². The Bertz CT molecular complexity index is 706. The highest BCUT2D eigenvalue weighted by Gasteiger charge is 2.46. The molecular formula is C18H19NO2. The number of hydrogen-bond acceptors (Lipinski definition) is 2. The van der Waals surface area contributed by atoms with Crippen LogP contribution in [-0.2, 0) is 5.41 Å². The second-order valence-corrected chi connectivity index (χ2v) is 6.16. The highest BCUT2D eigenvalue weighted by atomic mass is 16.3. The van der Waals surface area contributed by atoms with E-state index in [0.717, 1.165) is 16.8 Å². The summed E-state index contributed by atoms with van der Waals surface area (Å²) in [5.74, 6) is -0.163. The number of anilines is 1. The van der Waals surface area contributed by atoms with E-state index in [4.69, 9.17) is 0 Å². The average molecular weight is 281 g/mol. The van der Waals surface area contributed by atoms with Gasteiger partial charge in [-0.2, -0.15) is 0 Å². The molecule has 0 aromatic heterocycles. The van der Waals surface area contributed by atoms with E-state index in [0.29, 0.717) is 5.56 Å². The van der Waals surface area contributed by atoms with Crippen molar-refractivity contribution in [1.82, 2.24) is 0 Å². The molecule has 1 aliphatic rings. The van der Waals surface area contributed by atoms with Crippen LogP contribution in [0.2, 0.25) is 0 Å². The molecule has 1 amide bonds. The van der Waals surface area contributed by atoms with Crippen LogP contribution < -0.4 is 4.90 Å². The lowest BCUT2D eigenvalue weighted by atomic mass is 9.85. The van der Waals surface area contributed by atoms with Gasteiger partial charge in [-0.05, 0) is 30.7 Å². The Kier molecular flexibility index (Phi) is 3.10. The van der Waals surface area contributed by atoms with Crippen molar-refractivity contribution in [3.8, 4) is 0 Å². The van der Waals surface area contributed by atoms with Gasteiger partial charge in [-0.25, -0.2) is 0 Å². The number of aryl methyl sites for hydroxylation is 1. The summed E-state index contributed by atoms with van der Waals surface area (Å²) in [6, 6.07) is 15.1. The smallest absolute Gasteiger partial charge is 0.260 e. The molecule has 0 fully saturated rings. The van der Waals surface area contributed by atoms with Crippen LogP contribution in [0.5, 0.6) is 0 Å². The molecule has 3 rings (SSSR count). The number of carbonyl (C=O) groups is 1. The molecule has 2 aromatic carbocycles. The number of rotatable bonds is 1. The maximum absolute atomic E-state index is 12.8. The van der Waals surface area contributed by atoms with E-state index in [-0.39, 0.29) is 5.91 Å². The Morgan fingerprint density at radius 2 is 1.86 bits per heavy atom. The van der Waals surface area contributed by atoms with Gasteiger partial charge in [0.25, 0.3) is 5.91 Å². The van der Waals surface area contributed by atoms with Gasteiger partial charge in [0, 0.05) is 11.0 Å². The van der Waals surface area contributed by atoms with Gasteiger partial charge in [0.05, 0.1) is 5.69 Å². The summed E-state index contributed by atoms with van der Waals surface area (Å²) < 4.78 is 0. The van der Waals surface area contributed by atoms with Gasteiger partial charge in [-0.3, -0.25) is 9.69 Å². The Morgan fingerprint density at radius 3 is 2.57 bits per heavy atom. The van der Waals surface area contributed by atoms with E-state index in [1.807, 2.05) is 63.2 Å². The molecule has 0 aliphatic carbocycles. The summed E-state index contributed by atoms with van der Waals surface area (Å²) in [7, 11) is 0. The largest absolute Gasteiger partial charge is 0.372 e. The van der Waals surface area contributed by atoms with E-state index >= 15 is 0 Å². The average Bonchev–Trinajstić information content (AvgIpc) is 2.67. The van der Waals surface area contributed by atoms with Crippen LogP contribution in [-0.4, -0.2) is 17.2 Å². The van der Waals surface area contributed by atoms with Gasteiger partial charge in [-0.15, -0.1) is 0 Å². The summed E-state index contributed by atoms with van der Waals surface area (Å²) in [5, 5.41) is 10.6. The second kappa shape index (κ2) is 4.71. The molecule has 1 heterocycles. The first kappa shape index (κ1) is 13.8. The SMILES string of the molecule is Cc1cccc(C(=O)N2c3ccccc3C(C)(C)C2O)c1. The van der Waals surface area contributed by atoms with Gasteiger partial charge in [0.2, 0.25) is 0 Å². The highest BCUT2D eigenvalue weighted by Crippen LogP contribution is 2.44. The molecule has 1 unspecified atom stereocenters. The minimum Gasteiger partial charge on any atom is -0.372 e. The molecule has 3 heteroatoms. The molecule has 1 N–H and O–H groups in total. The maximum atomic E-state index is 12.8. The van der Waals surface area contributed by atoms with Crippen molar-refractivity contribution in [3.05, 3.63) is 65.2 Å². The zero-order valence-electron chi connectivity index (χ0n) is 12.5. The topological polar surface area (TPSA) is 40.5 Å². The first-order chi connectivity index (χ1) is 9.93. The number of aliphatic hydroxyl groups is 1. The summed E-state index contributed by atoms with van der Waals surface area (Å²) in [6.07, 6.45) is -0.858. The molecule has 0 radical (unpaired) electrons. The summed E-state index contributed by atoms with van der Waals surface area (Å²) in [6.45, 7) is 5.87. The second-order valence-electron chi connectivity index (χ2n) is 6.16. The number of amides is 1. The molecule has 108 valence electrons. The van der Waals surface area contributed by atoms with Crippen LogP contribution in [0.15, 0.2) is 48.5 Å². The molecular weight excluding hydrogens is 262 g/mol. The summed E-state index contributed by atoms with van der Waals surface area (Å²) >= 11 is 0. The van der Waals surface area contributed by atoms with Crippen LogP contribution in [0, 0.1) is 6.92 Å². The van der Waals surface area contributed by atoms with Gasteiger partial charge in [0.1, 0.15) is 6.23 Å². The Balaban J connectivity index is 2.09. The summed E-state index contributed by atoms with van der Waals surface area (Å²) in [5.41, 5.74) is 2.94. The number of nitrogens with zero attached hydrogens (tertiary/aromatic N) is 1. The Labute approximate surface area is 124 Å². The highest BCUT2D eigenvalue weighted by molar-refractivity contribution is 6.08. The third-order valence-corrected chi connectivity index (χ3v) is 4.23. The zero-order chi connectivity index (χ0) is 15.2. The molecule has 3 nitrogen and oxygen atoms in total. The van der Waals surface area contributed by atoms with Crippen LogP contribution >= 0.6 is 0 Å². The van der Waals surface area contributed by atoms with Crippen LogP contribution in [0.1, 0.15) is 35.3 Å². The monoisotopic (exact) mass is 281 g/mol. The van der Waals surface area contributed by atoms with Crippen LogP contribution in [0.3, 0.4) is 0 Å². The molecule has 1 atom stereocenters. The first-order valence-corrected chi connectivity index (χ1v) is 7.11. The number of benzene rings is 2. The number of hydrogen-bond donors (Lipinski definition) is 1. The number of carbonyl (C=O) groups excluding carboxylic acids is 1. The van der Waals surface area contributed by atoms with E-state index in [1.54, 1.807) is 6.07 Å². The first-order valence-electron chi connectivity index (χ1n) is 7.11. The predicted molar refractivity (Wildman–Crippen MR) is 83.5 cm³/mol. The fourth-order valence-electron chi connectivity index (χ4n) is 2.96. The summed E-state index contributed by atoms with van der Waals surface area (Å²) in [4.78, 5) is 14.3. The van der Waals surface area contributed by atoms with Gasteiger partial charge in [-0.1, -0.05) is 49.7 Å². The lowest BCUT2D eigenvalue weighted by molar-refractivity contribution is 0.0780. The van der Waals surface area contributed by atoms with Crippen molar-refractivity contribution in [3.63, 3.8) is 0 Å². The molecule has 1 aliphatic heterocycles. The van der Waals surface area contributed by atoms with Gasteiger partial charge in [0.15, 0.2) is 0 Å². The van der Waals surface area contributed by atoms with E-state index in [9.17, 15) is 9.90 Å². The van der Waals surface area contributed by atoms with Gasteiger partial charge >= 0.3 is 0 Å². The van der Waals surface area contributed by atoms with Crippen molar-refractivity contribution >= 4 is 11.6 Å². The normalized spacial score (nSPS) is 19.4. The molecule has 0 saturated heterocycles. The van der Waals surface area contributed by atoms with E-state index in [1.165, 1.54) is 4.90 Å². The minimum absolute atomic E-state index is 0.163. The third kappa shape index (κ3) is 2.05. The van der Waals surface area contributed by atoms with Crippen molar-refractivity contribution in [2.75, 3.05) is 4.90 Å². The van der Waals surface area contributed by atoms with E-state index in [2.05, 4.69) is 0 Å². The standard InChI is InChI=1S/C18H19NO2/c1-12-7-6-8-13(11-12)16(20)19-15-10-5-4-9-14(15)18(2,3)17(19)21/h4-11,17,21H,1-3H3. The fraction of sp³-hybridized carbons (Fsp3) is 0.278. The van der Waals surface area contributed by atoms with E-state index < -0.39 is 11.6 Å². The molecule has 0 saturated carbocycles. The number of aliphatic hydroxyl groups excluding tert-OH is 1. The lowest BCUT2D eigenvalue weighted by Crippen LogP contribution is -2.44. The molecule has 0 spiro atoms. The predicted octanol–water partition coefficient (Wildman–Crippen LogP) is 3.25. The quantitative estimate of drug-likeness (QED) is 0.871. The molecule has 21 heavy (non-hydrogen) atoms. The lowest BCUT2D eigenvalue weighted by Gasteiger charge is -2.28. The third-order valence-electron chi connectivity index (χ3n) is 4.23. The maximum Gasteiger partial charge on any atom is 0.260 e. The molecule has 2 aromatic rings. The van der Waals surface area contributed by atoms with Crippen LogP contribution in [0.4, 0.5) is 5.69 Å². The Hall–Kier alpha value is -2.13. The van der Waals surface area contributed by atoms with Crippen molar-refractivity contribution in [1.29, 1.82) is 0 Å². The zero-order valence-corrected chi connectivity index (χ0v) is 12.5.